The Kier molecular flexibility index (Phi) is 4.13. The average Bonchev–Trinajstić information content (AvgIpc) is 2.17. The fourth-order valence-electron chi connectivity index (χ4n) is 1.05. The lowest BCUT2D eigenvalue weighted by molar-refractivity contribution is 0.0657. The predicted octanol–water partition coefficient (Wildman–Crippen LogP) is 1.90. The lowest BCUT2D eigenvalue weighted by atomic mass is 10.1. The standard InChI is InChI=1S/C11H16N2O/c1-9(2)14-8-11-5-3-10(4-6-11)7-13-12/h3-7,9H,8,12H2,1-2H3. The zero-order valence-electron chi connectivity index (χ0n) is 8.60. The van der Waals surface area contributed by atoms with E-state index in [1.54, 1.807) is 6.21 Å². The summed E-state index contributed by atoms with van der Waals surface area (Å²) in [6, 6.07) is 7.96. The Hall–Kier alpha value is -1.35. The van der Waals surface area contributed by atoms with Gasteiger partial charge in [0.15, 0.2) is 0 Å². The highest BCUT2D eigenvalue weighted by Crippen LogP contribution is 2.05. The van der Waals surface area contributed by atoms with Crippen molar-refractivity contribution in [3.8, 4) is 0 Å². The van der Waals surface area contributed by atoms with Crippen molar-refractivity contribution in [2.24, 2.45) is 10.9 Å². The Morgan fingerprint density at radius 3 is 2.50 bits per heavy atom. The lowest BCUT2D eigenvalue weighted by Gasteiger charge is -2.07. The molecule has 0 saturated carbocycles. The van der Waals surface area contributed by atoms with E-state index in [9.17, 15) is 0 Å². The van der Waals surface area contributed by atoms with Gasteiger partial charge in [0.1, 0.15) is 0 Å². The first-order valence-corrected chi connectivity index (χ1v) is 4.66. The summed E-state index contributed by atoms with van der Waals surface area (Å²) >= 11 is 0. The van der Waals surface area contributed by atoms with E-state index in [4.69, 9.17) is 10.6 Å². The van der Waals surface area contributed by atoms with Crippen molar-refractivity contribution >= 4 is 6.21 Å². The minimum Gasteiger partial charge on any atom is -0.374 e. The van der Waals surface area contributed by atoms with Crippen LogP contribution >= 0.6 is 0 Å². The first-order valence-electron chi connectivity index (χ1n) is 4.66. The van der Waals surface area contributed by atoms with Gasteiger partial charge in [0, 0.05) is 0 Å². The normalized spacial score (nSPS) is 11.4. The van der Waals surface area contributed by atoms with Crippen LogP contribution in [0.5, 0.6) is 0 Å². The largest absolute Gasteiger partial charge is 0.374 e. The third-order valence-corrected chi connectivity index (χ3v) is 1.79. The Morgan fingerprint density at radius 2 is 2.00 bits per heavy atom. The van der Waals surface area contributed by atoms with Crippen molar-refractivity contribution in [3.63, 3.8) is 0 Å². The predicted molar refractivity (Wildman–Crippen MR) is 58.1 cm³/mol. The van der Waals surface area contributed by atoms with E-state index in [0.717, 1.165) is 11.1 Å². The molecule has 0 aliphatic heterocycles. The van der Waals surface area contributed by atoms with Crippen LogP contribution in [-0.4, -0.2) is 12.3 Å². The van der Waals surface area contributed by atoms with Gasteiger partial charge in [0.2, 0.25) is 0 Å². The first kappa shape index (κ1) is 10.7. The van der Waals surface area contributed by atoms with Gasteiger partial charge in [0.05, 0.1) is 18.9 Å². The Morgan fingerprint density at radius 1 is 1.36 bits per heavy atom. The molecule has 0 unspecified atom stereocenters. The molecule has 1 rings (SSSR count). The van der Waals surface area contributed by atoms with Crippen molar-refractivity contribution in [1.82, 2.24) is 0 Å². The minimum atomic E-state index is 0.264. The molecule has 2 N–H and O–H groups in total. The summed E-state index contributed by atoms with van der Waals surface area (Å²) < 4.78 is 5.47. The van der Waals surface area contributed by atoms with E-state index in [-0.39, 0.29) is 6.10 Å². The van der Waals surface area contributed by atoms with E-state index >= 15 is 0 Å². The highest BCUT2D eigenvalue weighted by Gasteiger charge is 1.95. The van der Waals surface area contributed by atoms with Gasteiger partial charge in [-0.05, 0) is 25.0 Å². The van der Waals surface area contributed by atoms with Crippen molar-refractivity contribution in [2.45, 2.75) is 26.6 Å². The third kappa shape index (κ3) is 3.58. The summed E-state index contributed by atoms with van der Waals surface area (Å²) in [6.07, 6.45) is 1.88. The molecule has 0 amide bonds. The molecule has 14 heavy (non-hydrogen) atoms. The van der Waals surface area contributed by atoms with Crippen LogP contribution in [0.2, 0.25) is 0 Å². The van der Waals surface area contributed by atoms with Gasteiger partial charge in [-0.25, -0.2) is 0 Å². The molecule has 0 fully saturated rings. The highest BCUT2D eigenvalue weighted by atomic mass is 16.5. The number of benzene rings is 1. The summed E-state index contributed by atoms with van der Waals surface area (Å²) in [5.74, 6) is 5.04. The summed E-state index contributed by atoms with van der Waals surface area (Å²) in [5.41, 5.74) is 2.16. The van der Waals surface area contributed by atoms with Crippen LogP contribution in [0.25, 0.3) is 0 Å². The van der Waals surface area contributed by atoms with E-state index in [1.165, 1.54) is 0 Å². The maximum Gasteiger partial charge on any atom is 0.0720 e. The molecule has 76 valence electrons. The van der Waals surface area contributed by atoms with Gasteiger partial charge in [-0.15, -0.1) is 0 Å². The van der Waals surface area contributed by atoms with Crippen LogP contribution in [0.1, 0.15) is 25.0 Å². The molecule has 3 nitrogen and oxygen atoms in total. The minimum absolute atomic E-state index is 0.264. The molecule has 1 aromatic carbocycles. The summed E-state index contributed by atoms with van der Waals surface area (Å²) in [6.45, 7) is 4.70. The van der Waals surface area contributed by atoms with Gasteiger partial charge >= 0.3 is 0 Å². The molecule has 0 aliphatic carbocycles. The average molecular weight is 192 g/mol. The Labute approximate surface area is 84.6 Å². The molecule has 3 heteroatoms. The zero-order chi connectivity index (χ0) is 10.4. The molecule has 0 aliphatic rings. The number of hydrogen-bond acceptors (Lipinski definition) is 3. The van der Waals surface area contributed by atoms with Crippen LogP contribution in [-0.2, 0) is 11.3 Å². The van der Waals surface area contributed by atoms with Crippen molar-refractivity contribution < 1.29 is 4.74 Å². The first-order chi connectivity index (χ1) is 6.72. The molecule has 0 bridgehead atoms. The molecule has 0 aromatic heterocycles. The van der Waals surface area contributed by atoms with Gasteiger partial charge in [0.25, 0.3) is 0 Å². The van der Waals surface area contributed by atoms with E-state index in [1.807, 2.05) is 38.1 Å². The number of nitrogens with two attached hydrogens (primary N) is 1. The second-order valence-electron chi connectivity index (χ2n) is 3.38. The van der Waals surface area contributed by atoms with Crippen LogP contribution in [0.15, 0.2) is 29.4 Å². The molecule has 0 spiro atoms. The Bertz CT molecular complexity index is 291. The lowest BCUT2D eigenvalue weighted by Crippen LogP contribution is -2.02. The smallest absolute Gasteiger partial charge is 0.0720 e. The maximum absolute atomic E-state index is 5.47. The van der Waals surface area contributed by atoms with Gasteiger partial charge in [-0.3, -0.25) is 0 Å². The third-order valence-electron chi connectivity index (χ3n) is 1.79. The monoisotopic (exact) mass is 192 g/mol. The molecule has 0 radical (unpaired) electrons. The second-order valence-corrected chi connectivity index (χ2v) is 3.38. The number of hydrogen-bond donors (Lipinski definition) is 1. The molecule has 0 heterocycles. The van der Waals surface area contributed by atoms with Crippen molar-refractivity contribution in [1.29, 1.82) is 0 Å². The molecule has 0 saturated heterocycles. The molecule has 1 aromatic rings. The van der Waals surface area contributed by atoms with E-state index in [2.05, 4.69) is 5.10 Å². The summed E-state index contributed by atoms with van der Waals surface area (Å²) in [7, 11) is 0. The fourth-order valence-corrected chi connectivity index (χ4v) is 1.05. The van der Waals surface area contributed by atoms with Crippen molar-refractivity contribution in [2.75, 3.05) is 0 Å². The van der Waals surface area contributed by atoms with Crippen molar-refractivity contribution in [3.05, 3.63) is 35.4 Å². The fraction of sp³-hybridized carbons (Fsp3) is 0.364. The molecule has 0 atom stereocenters. The van der Waals surface area contributed by atoms with Gasteiger partial charge in [-0.1, -0.05) is 24.3 Å². The van der Waals surface area contributed by atoms with Gasteiger partial charge in [-0.2, -0.15) is 5.10 Å². The summed E-state index contributed by atoms with van der Waals surface area (Å²) in [5, 5.41) is 3.45. The van der Waals surface area contributed by atoms with Crippen LogP contribution < -0.4 is 5.84 Å². The van der Waals surface area contributed by atoms with Crippen LogP contribution in [0.3, 0.4) is 0 Å². The topological polar surface area (TPSA) is 47.6 Å². The molecular formula is C11H16N2O. The van der Waals surface area contributed by atoms with E-state index < -0.39 is 0 Å². The number of ether oxygens (including phenoxy) is 1. The highest BCUT2D eigenvalue weighted by molar-refractivity contribution is 5.79. The van der Waals surface area contributed by atoms with Crippen LogP contribution in [0.4, 0.5) is 0 Å². The second kappa shape index (κ2) is 5.40. The zero-order valence-corrected chi connectivity index (χ0v) is 8.60. The quantitative estimate of drug-likeness (QED) is 0.450. The Balaban J connectivity index is 2.55. The van der Waals surface area contributed by atoms with Gasteiger partial charge < -0.3 is 10.6 Å². The maximum atomic E-state index is 5.47. The number of rotatable bonds is 4. The van der Waals surface area contributed by atoms with Crippen LogP contribution in [0, 0.1) is 0 Å². The number of nitrogens with zero attached hydrogens (tertiary/aromatic N) is 1. The van der Waals surface area contributed by atoms with E-state index in [0.29, 0.717) is 6.61 Å². The molecular weight excluding hydrogens is 176 g/mol. The SMILES string of the molecule is CC(C)OCc1ccc(C=NN)cc1. The summed E-state index contributed by atoms with van der Waals surface area (Å²) in [4.78, 5) is 0. The number of hydrazone groups is 1.